The summed E-state index contributed by atoms with van der Waals surface area (Å²) in [6.45, 7) is 0. The van der Waals surface area contributed by atoms with E-state index in [4.69, 9.17) is 17.4 Å². The fourth-order valence-electron chi connectivity index (χ4n) is 1.69. The zero-order valence-electron chi connectivity index (χ0n) is 10.1. The Hall–Kier alpha value is -1.83. The van der Waals surface area contributed by atoms with E-state index >= 15 is 0 Å². The van der Waals surface area contributed by atoms with E-state index in [1.807, 2.05) is 0 Å². The summed E-state index contributed by atoms with van der Waals surface area (Å²) >= 11 is 9.27. The van der Waals surface area contributed by atoms with Crippen molar-refractivity contribution in [2.45, 2.75) is 0 Å². The van der Waals surface area contributed by atoms with Crippen LogP contribution in [0.4, 0.5) is 22.7 Å². The van der Waals surface area contributed by atoms with Crippen molar-refractivity contribution in [3.63, 3.8) is 0 Å². The second-order valence-electron chi connectivity index (χ2n) is 3.86. The highest BCUT2D eigenvalue weighted by Gasteiger charge is 2.19. The molecule has 20 heavy (non-hydrogen) atoms. The number of hydrogen-bond acceptors (Lipinski definition) is 5. The molecule has 0 spiro atoms. The SMILES string of the molecule is NNc1cccc(Nc2ccc(Br)c(Cl)c2)c1[N+](=O)[O-]. The van der Waals surface area contributed by atoms with Crippen molar-refractivity contribution in [1.82, 2.24) is 0 Å². The molecule has 8 heteroatoms. The molecule has 0 aliphatic rings. The number of benzene rings is 2. The number of para-hydroxylation sites is 1. The molecule has 6 nitrogen and oxygen atoms in total. The topological polar surface area (TPSA) is 93.2 Å². The van der Waals surface area contributed by atoms with Crippen molar-refractivity contribution in [2.75, 3.05) is 10.7 Å². The normalized spacial score (nSPS) is 10.2. The first-order chi connectivity index (χ1) is 9.52. The Morgan fingerprint density at radius 1 is 1.25 bits per heavy atom. The van der Waals surface area contributed by atoms with Crippen LogP contribution in [-0.4, -0.2) is 4.92 Å². The molecular formula is C12H10BrClN4O2. The number of nitro groups is 1. The predicted octanol–water partition coefficient (Wildman–Crippen LogP) is 4.04. The number of anilines is 3. The Morgan fingerprint density at radius 2 is 1.95 bits per heavy atom. The molecule has 0 radical (unpaired) electrons. The Labute approximate surface area is 128 Å². The average Bonchev–Trinajstić information content (AvgIpc) is 2.42. The second kappa shape index (κ2) is 6.08. The van der Waals surface area contributed by atoms with Crippen LogP contribution in [0.3, 0.4) is 0 Å². The first kappa shape index (κ1) is 14.6. The number of hydrazine groups is 1. The monoisotopic (exact) mass is 356 g/mol. The van der Waals surface area contributed by atoms with Gasteiger partial charge in [-0.15, -0.1) is 0 Å². The highest BCUT2D eigenvalue weighted by molar-refractivity contribution is 9.10. The highest BCUT2D eigenvalue weighted by atomic mass is 79.9. The lowest BCUT2D eigenvalue weighted by Gasteiger charge is -2.10. The minimum absolute atomic E-state index is 0.131. The number of nitro benzene ring substituents is 1. The Morgan fingerprint density at radius 3 is 2.55 bits per heavy atom. The summed E-state index contributed by atoms with van der Waals surface area (Å²) in [5, 5.41) is 14.6. The summed E-state index contributed by atoms with van der Waals surface area (Å²) in [6, 6.07) is 9.94. The number of nitrogens with zero attached hydrogens (tertiary/aromatic N) is 1. The lowest BCUT2D eigenvalue weighted by atomic mass is 10.2. The van der Waals surface area contributed by atoms with E-state index in [1.165, 1.54) is 6.07 Å². The summed E-state index contributed by atoms with van der Waals surface area (Å²) in [5.41, 5.74) is 3.36. The van der Waals surface area contributed by atoms with E-state index in [9.17, 15) is 10.1 Å². The summed E-state index contributed by atoms with van der Waals surface area (Å²) in [6.07, 6.45) is 0. The van der Waals surface area contributed by atoms with Crippen LogP contribution in [0.25, 0.3) is 0 Å². The standard InChI is InChI=1S/C12H10BrClN4O2/c13-8-5-4-7(6-9(8)14)16-10-2-1-3-11(17-15)12(10)18(19)20/h1-6,16-17H,15H2. The molecule has 2 rings (SSSR count). The van der Waals surface area contributed by atoms with E-state index in [1.54, 1.807) is 30.3 Å². The van der Waals surface area contributed by atoms with Gasteiger partial charge in [0.15, 0.2) is 0 Å². The molecule has 0 unspecified atom stereocenters. The lowest BCUT2D eigenvalue weighted by Crippen LogP contribution is -2.10. The molecule has 0 aliphatic heterocycles. The van der Waals surface area contributed by atoms with Gasteiger partial charge >= 0.3 is 5.69 Å². The third kappa shape index (κ3) is 3.01. The van der Waals surface area contributed by atoms with Crippen LogP contribution < -0.4 is 16.6 Å². The molecule has 0 bridgehead atoms. The zero-order chi connectivity index (χ0) is 14.7. The first-order valence-corrected chi connectivity index (χ1v) is 6.66. The molecule has 0 fully saturated rings. The van der Waals surface area contributed by atoms with Crippen LogP contribution in [0.15, 0.2) is 40.9 Å². The maximum absolute atomic E-state index is 11.1. The average molecular weight is 358 g/mol. The molecule has 0 aliphatic carbocycles. The van der Waals surface area contributed by atoms with Gasteiger partial charge in [0.2, 0.25) is 0 Å². The molecule has 2 aromatic rings. The van der Waals surface area contributed by atoms with E-state index in [-0.39, 0.29) is 11.4 Å². The molecule has 0 heterocycles. The van der Waals surface area contributed by atoms with E-state index < -0.39 is 4.92 Å². The predicted molar refractivity (Wildman–Crippen MR) is 83.3 cm³/mol. The van der Waals surface area contributed by atoms with Crippen LogP contribution in [-0.2, 0) is 0 Å². The largest absolute Gasteiger partial charge is 0.350 e. The Kier molecular flexibility index (Phi) is 4.43. The molecule has 0 amide bonds. The molecule has 0 atom stereocenters. The van der Waals surface area contributed by atoms with Gasteiger partial charge in [0.1, 0.15) is 11.4 Å². The third-order valence-corrected chi connectivity index (χ3v) is 3.81. The number of nitrogen functional groups attached to an aromatic ring is 1. The summed E-state index contributed by atoms with van der Waals surface area (Å²) in [5.74, 6) is 5.29. The fraction of sp³-hybridized carbons (Fsp3) is 0. The van der Waals surface area contributed by atoms with Gasteiger partial charge < -0.3 is 10.7 Å². The zero-order valence-corrected chi connectivity index (χ0v) is 12.4. The minimum atomic E-state index is -0.502. The van der Waals surface area contributed by atoms with Crippen LogP contribution >= 0.6 is 27.5 Å². The maximum atomic E-state index is 11.1. The van der Waals surface area contributed by atoms with Gasteiger partial charge in [-0.3, -0.25) is 16.0 Å². The van der Waals surface area contributed by atoms with Crippen LogP contribution in [0.5, 0.6) is 0 Å². The van der Waals surface area contributed by atoms with Crippen molar-refractivity contribution in [3.8, 4) is 0 Å². The van der Waals surface area contributed by atoms with Gasteiger partial charge in [0, 0.05) is 10.2 Å². The first-order valence-electron chi connectivity index (χ1n) is 5.49. The molecule has 0 saturated heterocycles. The molecule has 104 valence electrons. The van der Waals surface area contributed by atoms with E-state index in [2.05, 4.69) is 26.7 Å². The summed E-state index contributed by atoms with van der Waals surface area (Å²) in [4.78, 5) is 10.6. The number of hydrogen-bond donors (Lipinski definition) is 3. The van der Waals surface area contributed by atoms with Crippen LogP contribution in [0, 0.1) is 10.1 Å². The number of rotatable bonds is 4. The van der Waals surface area contributed by atoms with E-state index in [0.29, 0.717) is 16.4 Å². The third-order valence-electron chi connectivity index (χ3n) is 2.57. The Balaban J connectivity index is 2.42. The second-order valence-corrected chi connectivity index (χ2v) is 5.12. The lowest BCUT2D eigenvalue weighted by molar-refractivity contribution is -0.383. The molecule has 2 aromatic carbocycles. The quantitative estimate of drug-likeness (QED) is 0.436. The van der Waals surface area contributed by atoms with Gasteiger partial charge in [-0.05, 0) is 46.3 Å². The number of nitrogens with one attached hydrogen (secondary N) is 2. The maximum Gasteiger partial charge on any atom is 0.316 e. The summed E-state index contributed by atoms with van der Waals surface area (Å²) in [7, 11) is 0. The summed E-state index contributed by atoms with van der Waals surface area (Å²) < 4.78 is 0.747. The number of nitrogens with two attached hydrogens (primary N) is 1. The van der Waals surface area contributed by atoms with Crippen molar-refractivity contribution < 1.29 is 4.92 Å². The molecule has 0 saturated carbocycles. The highest BCUT2D eigenvalue weighted by Crippen LogP contribution is 2.35. The Bertz CT molecular complexity index is 666. The van der Waals surface area contributed by atoms with Gasteiger partial charge in [0.05, 0.1) is 9.95 Å². The van der Waals surface area contributed by atoms with Gasteiger partial charge in [-0.25, -0.2) is 0 Å². The van der Waals surface area contributed by atoms with Crippen LogP contribution in [0.1, 0.15) is 0 Å². The van der Waals surface area contributed by atoms with E-state index in [0.717, 1.165) is 4.47 Å². The van der Waals surface area contributed by atoms with Gasteiger partial charge in [-0.1, -0.05) is 17.7 Å². The fourth-order valence-corrected chi connectivity index (χ4v) is 2.11. The van der Waals surface area contributed by atoms with Crippen molar-refractivity contribution in [1.29, 1.82) is 0 Å². The van der Waals surface area contributed by atoms with Crippen molar-refractivity contribution >= 4 is 50.3 Å². The molecular weight excluding hydrogens is 348 g/mol. The minimum Gasteiger partial charge on any atom is -0.350 e. The number of halogens is 2. The van der Waals surface area contributed by atoms with Gasteiger partial charge in [-0.2, -0.15) is 0 Å². The van der Waals surface area contributed by atoms with Crippen LogP contribution in [0.2, 0.25) is 5.02 Å². The van der Waals surface area contributed by atoms with Crippen molar-refractivity contribution in [2.24, 2.45) is 5.84 Å². The smallest absolute Gasteiger partial charge is 0.316 e. The molecule has 0 aromatic heterocycles. The molecule has 4 N–H and O–H groups in total. The van der Waals surface area contributed by atoms with Crippen molar-refractivity contribution in [3.05, 3.63) is 56.0 Å². The van der Waals surface area contributed by atoms with Gasteiger partial charge in [0.25, 0.3) is 0 Å².